The standard InChI is InChI=1S/C18H22N2O3/c1-18(8-9-22-2)11-20(12-18)17(21)16-13-6-4-5-7-14(13)19-10-15(16)23-3/h4-7,10H,8-9,11-12H2,1-3H3. The van der Waals surface area contributed by atoms with Crippen LogP contribution in [0.5, 0.6) is 5.75 Å². The summed E-state index contributed by atoms with van der Waals surface area (Å²) in [5, 5.41) is 0.836. The maximum atomic E-state index is 13.0. The topological polar surface area (TPSA) is 51.7 Å². The fourth-order valence-corrected chi connectivity index (χ4v) is 3.18. The molecule has 1 saturated heterocycles. The van der Waals surface area contributed by atoms with E-state index in [4.69, 9.17) is 9.47 Å². The van der Waals surface area contributed by atoms with E-state index in [0.29, 0.717) is 11.3 Å². The second-order valence-electron chi connectivity index (χ2n) is 6.43. The predicted octanol–water partition coefficient (Wildman–Crippen LogP) is 2.74. The average molecular weight is 314 g/mol. The van der Waals surface area contributed by atoms with E-state index in [1.807, 2.05) is 29.2 Å². The molecule has 1 aliphatic heterocycles. The van der Waals surface area contributed by atoms with Gasteiger partial charge in [-0.3, -0.25) is 9.78 Å². The Balaban J connectivity index is 1.87. The van der Waals surface area contributed by atoms with Gasteiger partial charge in [0.2, 0.25) is 0 Å². The minimum Gasteiger partial charge on any atom is -0.494 e. The molecule has 1 fully saturated rings. The smallest absolute Gasteiger partial charge is 0.258 e. The normalized spacial score (nSPS) is 16.2. The largest absolute Gasteiger partial charge is 0.494 e. The maximum absolute atomic E-state index is 13.0. The van der Waals surface area contributed by atoms with Crippen molar-refractivity contribution in [3.63, 3.8) is 0 Å². The summed E-state index contributed by atoms with van der Waals surface area (Å²) in [6, 6.07) is 7.66. The Kier molecular flexibility index (Phi) is 4.22. The Morgan fingerprint density at radius 2 is 2.04 bits per heavy atom. The fraction of sp³-hybridized carbons (Fsp3) is 0.444. The van der Waals surface area contributed by atoms with E-state index >= 15 is 0 Å². The highest BCUT2D eigenvalue weighted by Gasteiger charge is 2.42. The second kappa shape index (κ2) is 6.16. The number of aromatic nitrogens is 1. The molecular weight excluding hydrogens is 292 g/mol. The number of nitrogens with zero attached hydrogens (tertiary/aromatic N) is 2. The lowest BCUT2D eigenvalue weighted by molar-refractivity contribution is -0.000971. The van der Waals surface area contributed by atoms with Gasteiger partial charge >= 0.3 is 0 Å². The second-order valence-corrected chi connectivity index (χ2v) is 6.43. The third-order valence-corrected chi connectivity index (χ3v) is 4.52. The Hall–Kier alpha value is -2.14. The van der Waals surface area contributed by atoms with Crippen molar-refractivity contribution < 1.29 is 14.3 Å². The highest BCUT2D eigenvalue weighted by Crippen LogP contribution is 2.36. The summed E-state index contributed by atoms with van der Waals surface area (Å²) in [4.78, 5) is 19.2. The molecule has 0 atom stereocenters. The third kappa shape index (κ3) is 2.88. The van der Waals surface area contributed by atoms with Crippen LogP contribution in [0.25, 0.3) is 10.9 Å². The quantitative estimate of drug-likeness (QED) is 0.851. The van der Waals surface area contributed by atoms with Crippen LogP contribution in [0.4, 0.5) is 0 Å². The fourth-order valence-electron chi connectivity index (χ4n) is 3.18. The summed E-state index contributed by atoms with van der Waals surface area (Å²) in [5.74, 6) is 0.537. The summed E-state index contributed by atoms with van der Waals surface area (Å²) in [6.07, 6.45) is 2.58. The molecule has 1 aromatic carbocycles. The molecule has 0 saturated carbocycles. The van der Waals surface area contributed by atoms with Crippen molar-refractivity contribution in [1.29, 1.82) is 0 Å². The van der Waals surface area contributed by atoms with Gasteiger partial charge in [-0.05, 0) is 12.5 Å². The number of fused-ring (bicyclic) bond motifs is 1. The monoisotopic (exact) mass is 314 g/mol. The number of pyridine rings is 1. The molecule has 0 aliphatic carbocycles. The van der Waals surface area contributed by atoms with E-state index in [1.165, 1.54) is 0 Å². The van der Waals surface area contributed by atoms with E-state index in [-0.39, 0.29) is 11.3 Å². The van der Waals surface area contributed by atoms with Gasteiger partial charge in [0.15, 0.2) is 5.75 Å². The number of ether oxygens (including phenoxy) is 2. The highest BCUT2D eigenvalue weighted by molar-refractivity contribution is 6.08. The van der Waals surface area contributed by atoms with E-state index in [9.17, 15) is 4.79 Å². The summed E-state index contributed by atoms with van der Waals surface area (Å²) >= 11 is 0. The molecular formula is C18H22N2O3. The molecule has 5 nitrogen and oxygen atoms in total. The van der Waals surface area contributed by atoms with Gasteiger partial charge in [-0.15, -0.1) is 0 Å². The molecule has 2 heterocycles. The molecule has 2 aromatic rings. The summed E-state index contributed by atoms with van der Waals surface area (Å²) in [5.41, 5.74) is 1.55. The SMILES string of the molecule is COCCC1(C)CN(C(=O)c2c(OC)cnc3ccccc23)C1. The number of carbonyl (C=O) groups is 1. The molecule has 0 bridgehead atoms. The number of para-hydroxylation sites is 1. The molecule has 1 aliphatic rings. The minimum absolute atomic E-state index is 0.00958. The molecule has 0 radical (unpaired) electrons. The van der Waals surface area contributed by atoms with Gasteiger partial charge in [-0.1, -0.05) is 25.1 Å². The lowest BCUT2D eigenvalue weighted by atomic mass is 9.78. The van der Waals surface area contributed by atoms with Gasteiger partial charge in [0.05, 0.1) is 24.4 Å². The van der Waals surface area contributed by atoms with Gasteiger partial charge in [0, 0.05) is 37.6 Å². The average Bonchev–Trinajstić information content (AvgIpc) is 2.55. The number of carbonyl (C=O) groups excluding carboxylic acids is 1. The molecule has 3 rings (SSSR count). The van der Waals surface area contributed by atoms with Gasteiger partial charge < -0.3 is 14.4 Å². The Bertz CT molecular complexity index is 723. The molecule has 0 unspecified atom stereocenters. The summed E-state index contributed by atoms with van der Waals surface area (Å²) < 4.78 is 10.5. The van der Waals surface area contributed by atoms with Crippen LogP contribution in [0, 0.1) is 5.41 Å². The van der Waals surface area contributed by atoms with Crippen molar-refractivity contribution in [3.05, 3.63) is 36.0 Å². The molecule has 23 heavy (non-hydrogen) atoms. The predicted molar refractivity (Wildman–Crippen MR) is 88.8 cm³/mol. The van der Waals surface area contributed by atoms with Crippen LogP contribution < -0.4 is 4.74 Å². The van der Waals surface area contributed by atoms with Crippen molar-refractivity contribution in [2.45, 2.75) is 13.3 Å². The first-order valence-electron chi connectivity index (χ1n) is 7.78. The van der Waals surface area contributed by atoms with Crippen LogP contribution in [0.2, 0.25) is 0 Å². The minimum atomic E-state index is 0.00958. The van der Waals surface area contributed by atoms with Crippen molar-refractivity contribution in [2.24, 2.45) is 5.41 Å². The molecule has 0 N–H and O–H groups in total. The van der Waals surface area contributed by atoms with Crippen molar-refractivity contribution in [2.75, 3.05) is 33.9 Å². The first-order valence-corrected chi connectivity index (χ1v) is 7.78. The van der Waals surface area contributed by atoms with Crippen LogP contribution >= 0.6 is 0 Å². The molecule has 1 amide bonds. The third-order valence-electron chi connectivity index (χ3n) is 4.52. The van der Waals surface area contributed by atoms with E-state index < -0.39 is 0 Å². The molecule has 122 valence electrons. The van der Waals surface area contributed by atoms with Gasteiger partial charge in [-0.2, -0.15) is 0 Å². The number of benzene rings is 1. The zero-order valence-corrected chi connectivity index (χ0v) is 13.8. The van der Waals surface area contributed by atoms with E-state index in [2.05, 4.69) is 11.9 Å². The lowest BCUT2D eigenvalue weighted by Crippen LogP contribution is -2.57. The first-order chi connectivity index (χ1) is 11.1. The van der Waals surface area contributed by atoms with Gasteiger partial charge in [0.25, 0.3) is 5.91 Å². The van der Waals surface area contributed by atoms with Crippen LogP contribution in [0.1, 0.15) is 23.7 Å². The van der Waals surface area contributed by atoms with E-state index in [1.54, 1.807) is 20.4 Å². The zero-order chi connectivity index (χ0) is 16.4. The number of hydrogen-bond donors (Lipinski definition) is 0. The first kappa shape index (κ1) is 15.7. The Morgan fingerprint density at radius 3 is 2.74 bits per heavy atom. The molecule has 1 aromatic heterocycles. The van der Waals surface area contributed by atoms with Crippen molar-refractivity contribution >= 4 is 16.8 Å². The number of methoxy groups -OCH3 is 2. The van der Waals surface area contributed by atoms with Crippen LogP contribution in [-0.2, 0) is 4.74 Å². The van der Waals surface area contributed by atoms with Gasteiger partial charge in [-0.25, -0.2) is 0 Å². The van der Waals surface area contributed by atoms with Gasteiger partial charge in [0.1, 0.15) is 0 Å². The van der Waals surface area contributed by atoms with Crippen LogP contribution in [-0.4, -0.2) is 49.7 Å². The maximum Gasteiger partial charge on any atom is 0.258 e. The summed E-state index contributed by atoms with van der Waals surface area (Å²) in [7, 11) is 3.28. The zero-order valence-electron chi connectivity index (χ0n) is 13.8. The molecule has 5 heteroatoms. The van der Waals surface area contributed by atoms with E-state index in [0.717, 1.165) is 37.0 Å². The Labute approximate surface area is 136 Å². The Morgan fingerprint density at radius 1 is 1.30 bits per heavy atom. The van der Waals surface area contributed by atoms with Crippen molar-refractivity contribution in [3.8, 4) is 5.75 Å². The lowest BCUT2D eigenvalue weighted by Gasteiger charge is -2.48. The number of rotatable bonds is 5. The number of amides is 1. The highest BCUT2D eigenvalue weighted by atomic mass is 16.5. The summed E-state index contributed by atoms with van der Waals surface area (Å²) in [6.45, 7) is 4.40. The van der Waals surface area contributed by atoms with Crippen molar-refractivity contribution in [1.82, 2.24) is 9.88 Å². The molecule has 0 spiro atoms. The van der Waals surface area contributed by atoms with Crippen LogP contribution in [0.15, 0.2) is 30.5 Å². The number of hydrogen-bond acceptors (Lipinski definition) is 4. The van der Waals surface area contributed by atoms with Crippen LogP contribution in [0.3, 0.4) is 0 Å². The number of likely N-dealkylation sites (tertiary alicyclic amines) is 1.